The molecule has 0 saturated heterocycles. The Morgan fingerprint density at radius 1 is 1.48 bits per heavy atom. The first-order chi connectivity index (χ1) is 11.0. The molecule has 3 rings (SSSR count). The lowest BCUT2D eigenvalue weighted by Gasteiger charge is -2.16. The first-order valence-corrected chi connectivity index (χ1v) is 8.52. The maximum absolute atomic E-state index is 10.1. The topological polar surface area (TPSA) is 57.6 Å². The van der Waals surface area contributed by atoms with E-state index in [1.807, 2.05) is 37.2 Å². The van der Waals surface area contributed by atoms with Crippen molar-refractivity contribution in [1.82, 2.24) is 10.3 Å². The normalized spacial score (nSPS) is 16.8. The van der Waals surface area contributed by atoms with Gasteiger partial charge < -0.3 is 20.1 Å². The van der Waals surface area contributed by atoms with E-state index in [-0.39, 0.29) is 0 Å². The molecule has 0 fully saturated rings. The molecule has 1 atom stereocenters. The molecular weight excluding hydrogens is 330 g/mol. The van der Waals surface area contributed by atoms with E-state index in [1.54, 1.807) is 7.11 Å². The van der Waals surface area contributed by atoms with E-state index >= 15 is 0 Å². The number of aliphatic hydroxyl groups excluding tert-OH is 1. The van der Waals surface area contributed by atoms with Crippen molar-refractivity contribution < 1.29 is 9.84 Å². The van der Waals surface area contributed by atoms with Crippen molar-refractivity contribution in [2.24, 2.45) is 0 Å². The van der Waals surface area contributed by atoms with Crippen LogP contribution in [0.1, 0.15) is 22.2 Å². The molecule has 0 bridgehead atoms. The van der Waals surface area contributed by atoms with Crippen LogP contribution in [0.2, 0.25) is 0 Å². The summed E-state index contributed by atoms with van der Waals surface area (Å²) >= 11 is 6.88. The van der Waals surface area contributed by atoms with Gasteiger partial charge in [0.2, 0.25) is 0 Å². The molecule has 7 heteroatoms. The van der Waals surface area contributed by atoms with Gasteiger partial charge in [0.05, 0.1) is 17.7 Å². The van der Waals surface area contributed by atoms with E-state index in [0.29, 0.717) is 18.1 Å². The van der Waals surface area contributed by atoms with Crippen LogP contribution in [0.4, 0.5) is 5.69 Å². The molecule has 0 saturated carbocycles. The minimum Gasteiger partial charge on any atom is -0.486 e. The zero-order valence-corrected chi connectivity index (χ0v) is 14.9. The zero-order chi connectivity index (χ0) is 16.6. The number of fused-ring (bicyclic) bond motifs is 1. The first kappa shape index (κ1) is 16.3. The van der Waals surface area contributed by atoms with Crippen LogP contribution in [0.3, 0.4) is 0 Å². The predicted octanol–water partition coefficient (Wildman–Crippen LogP) is 2.33. The van der Waals surface area contributed by atoms with Gasteiger partial charge in [-0.1, -0.05) is 0 Å². The molecule has 1 aliphatic heterocycles. The second kappa shape index (κ2) is 6.52. The SMILES string of the molecule is COC(=S)c1cc(N(C)C)ccc1-c1nc2c(s1)C(O)CNC2. The second-order valence-electron chi connectivity index (χ2n) is 5.59. The molecule has 1 aromatic carbocycles. The highest BCUT2D eigenvalue weighted by molar-refractivity contribution is 7.80. The molecule has 0 amide bonds. The Kier molecular flexibility index (Phi) is 4.63. The van der Waals surface area contributed by atoms with Crippen molar-refractivity contribution in [3.63, 3.8) is 0 Å². The van der Waals surface area contributed by atoms with Crippen LogP contribution in [0.25, 0.3) is 10.6 Å². The van der Waals surface area contributed by atoms with Gasteiger partial charge >= 0.3 is 0 Å². The molecule has 0 spiro atoms. The van der Waals surface area contributed by atoms with E-state index < -0.39 is 6.10 Å². The summed E-state index contributed by atoms with van der Waals surface area (Å²) in [6.45, 7) is 1.25. The lowest BCUT2D eigenvalue weighted by molar-refractivity contribution is 0.168. The molecule has 23 heavy (non-hydrogen) atoms. The first-order valence-electron chi connectivity index (χ1n) is 7.29. The summed E-state index contributed by atoms with van der Waals surface area (Å²) in [6.07, 6.45) is -0.496. The highest BCUT2D eigenvalue weighted by atomic mass is 32.1. The van der Waals surface area contributed by atoms with Gasteiger partial charge in [-0.25, -0.2) is 4.98 Å². The lowest BCUT2D eigenvalue weighted by atomic mass is 10.1. The predicted molar refractivity (Wildman–Crippen MR) is 97.3 cm³/mol. The van der Waals surface area contributed by atoms with Crippen molar-refractivity contribution in [2.45, 2.75) is 12.6 Å². The van der Waals surface area contributed by atoms with Crippen molar-refractivity contribution in [3.8, 4) is 10.6 Å². The van der Waals surface area contributed by atoms with Gasteiger partial charge in [0, 0.05) is 44.0 Å². The third-order valence-corrected chi connectivity index (χ3v) is 5.43. The number of anilines is 1. The van der Waals surface area contributed by atoms with E-state index in [9.17, 15) is 5.11 Å². The fourth-order valence-electron chi connectivity index (χ4n) is 2.56. The minimum atomic E-state index is -0.496. The number of aromatic nitrogens is 1. The number of hydrogen-bond acceptors (Lipinski definition) is 7. The van der Waals surface area contributed by atoms with Crippen LogP contribution in [-0.2, 0) is 11.3 Å². The number of nitrogens with zero attached hydrogens (tertiary/aromatic N) is 2. The van der Waals surface area contributed by atoms with Gasteiger partial charge in [-0.15, -0.1) is 11.3 Å². The molecule has 1 aromatic heterocycles. The van der Waals surface area contributed by atoms with E-state index in [0.717, 1.165) is 32.4 Å². The average Bonchev–Trinajstić information content (AvgIpc) is 2.99. The van der Waals surface area contributed by atoms with Crippen LogP contribution in [0.15, 0.2) is 18.2 Å². The Bertz CT molecular complexity index is 743. The van der Waals surface area contributed by atoms with Gasteiger partial charge in [0.25, 0.3) is 0 Å². The lowest BCUT2D eigenvalue weighted by Crippen LogP contribution is -2.26. The number of methoxy groups -OCH3 is 1. The molecular formula is C16H19N3O2S2. The van der Waals surface area contributed by atoms with E-state index in [1.165, 1.54) is 11.3 Å². The third kappa shape index (κ3) is 3.10. The molecule has 2 heterocycles. The summed E-state index contributed by atoms with van der Waals surface area (Å²) in [5, 5.41) is 14.6. The number of hydrogen-bond donors (Lipinski definition) is 2. The smallest absolute Gasteiger partial charge is 0.191 e. The summed E-state index contributed by atoms with van der Waals surface area (Å²) in [6, 6.07) is 6.06. The summed E-state index contributed by atoms with van der Waals surface area (Å²) in [7, 11) is 5.55. The Morgan fingerprint density at radius 2 is 2.26 bits per heavy atom. The quantitative estimate of drug-likeness (QED) is 0.830. The highest BCUT2D eigenvalue weighted by Crippen LogP contribution is 2.36. The summed E-state index contributed by atoms with van der Waals surface area (Å²) in [4.78, 5) is 7.65. The molecule has 0 aliphatic carbocycles. The molecule has 2 N–H and O–H groups in total. The number of rotatable bonds is 3. The van der Waals surface area contributed by atoms with Crippen LogP contribution in [0, 0.1) is 0 Å². The number of β-amino-alcohol motifs (C(OH)–C–C–N with tert-alkyl or cyclic N) is 1. The molecule has 0 radical (unpaired) electrons. The fraction of sp³-hybridized carbons (Fsp3) is 0.375. The van der Waals surface area contributed by atoms with Crippen molar-refractivity contribution in [3.05, 3.63) is 34.3 Å². The van der Waals surface area contributed by atoms with Crippen LogP contribution in [0.5, 0.6) is 0 Å². The summed E-state index contributed by atoms with van der Waals surface area (Å²) in [5.41, 5.74) is 3.75. The molecule has 1 aliphatic rings. The second-order valence-corrected chi connectivity index (χ2v) is 6.99. The number of nitrogens with one attached hydrogen (secondary N) is 1. The Labute approximate surface area is 144 Å². The summed E-state index contributed by atoms with van der Waals surface area (Å²) < 4.78 is 5.28. The fourth-order valence-corrected chi connectivity index (χ4v) is 3.84. The zero-order valence-electron chi connectivity index (χ0n) is 13.3. The molecule has 1 unspecified atom stereocenters. The maximum Gasteiger partial charge on any atom is 0.191 e. The monoisotopic (exact) mass is 349 g/mol. The van der Waals surface area contributed by atoms with E-state index in [4.69, 9.17) is 21.9 Å². The number of thiazole rings is 1. The van der Waals surface area contributed by atoms with Gasteiger partial charge in [0.1, 0.15) is 11.1 Å². The Balaban J connectivity index is 2.10. The number of aliphatic hydroxyl groups is 1. The van der Waals surface area contributed by atoms with Crippen LogP contribution in [-0.4, -0.2) is 42.9 Å². The van der Waals surface area contributed by atoms with Crippen molar-refractivity contribution in [1.29, 1.82) is 0 Å². The third-order valence-electron chi connectivity index (χ3n) is 3.82. The van der Waals surface area contributed by atoms with Crippen LogP contribution < -0.4 is 10.2 Å². The summed E-state index contributed by atoms with van der Waals surface area (Å²) in [5.74, 6) is 0. The molecule has 2 aromatic rings. The maximum atomic E-state index is 10.1. The van der Waals surface area contributed by atoms with E-state index in [2.05, 4.69) is 5.32 Å². The Hall–Kier alpha value is -1.54. The largest absolute Gasteiger partial charge is 0.486 e. The van der Waals surface area contributed by atoms with Gasteiger partial charge in [-0.05, 0) is 30.4 Å². The van der Waals surface area contributed by atoms with Gasteiger partial charge in [-0.3, -0.25) is 0 Å². The average molecular weight is 349 g/mol. The van der Waals surface area contributed by atoms with Crippen molar-refractivity contribution >= 4 is 34.3 Å². The molecule has 122 valence electrons. The number of thiocarbonyl (C=S) groups is 1. The highest BCUT2D eigenvalue weighted by Gasteiger charge is 2.24. The Morgan fingerprint density at radius 3 is 2.91 bits per heavy atom. The van der Waals surface area contributed by atoms with Crippen molar-refractivity contribution in [2.75, 3.05) is 32.6 Å². The van der Waals surface area contributed by atoms with Gasteiger partial charge in [0.15, 0.2) is 5.05 Å². The number of ether oxygens (including phenoxy) is 1. The standard InChI is InChI=1S/C16H19N3O2S2/c1-19(2)9-4-5-10(11(6-9)16(22)21-3)15-18-12-7-17-8-13(20)14(12)23-15/h4-6,13,17,20H,7-8H2,1-3H3. The number of benzene rings is 1. The van der Waals surface area contributed by atoms with Gasteiger partial charge in [-0.2, -0.15) is 0 Å². The van der Waals surface area contributed by atoms with Crippen LogP contribution >= 0.6 is 23.6 Å². The molecule has 5 nitrogen and oxygen atoms in total. The minimum absolute atomic E-state index is 0.440.